The summed E-state index contributed by atoms with van der Waals surface area (Å²) in [6.45, 7) is 1.11. The quantitative estimate of drug-likeness (QED) is 0.382. The standard InChI is InChI=1S/C22H18Cl2N2O/c23-19-7-8-20(21(24)12-19)22(13-26-10-9-25-15-26)27-14-16-5-6-17-3-1-2-4-18(17)11-16/h1-12,15,22H,13-14H2. The number of nitrogens with zero attached hydrogens (tertiary/aromatic N) is 2. The lowest BCUT2D eigenvalue weighted by Crippen LogP contribution is -2.12. The van der Waals surface area contributed by atoms with Crippen molar-refractivity contribution in [2.75, 3.05) is 0 Å². The summed E-state index contributed by atoms with van der Waals surface area (Å²) < 4.78 is 8.26. The normalized spacial score (nSPS) is 12.4. The Morgan fingerprint density at radius 1 is 0.963 bits per heavy atom. The summed E-state index contributed by atoms with van der Waals surface area (Å²) in [6.07, 6.45) is 5.23. The summed E-state index contributed by atoms with van der Waals surface area (Å²) >= 11 is 12.5. The van der Waals surface area contributed by atoms with Gasteiger partial charge >= 0.3 is 0 Å². The molecule has 0 spiro atoms. The number of fused-ring (bicyclic) bond motifs is 1. The number of ether oxygens (including phenoxy) is 1. The predicted octanol–water partition coefficient (Wildman–Crippen LogP) is 6.30. The average molecular weight is 397 g/mol. The zero-order valence-corrected chi connectivity index (χ0v) is 16.1. The topological polar surface area (TPSA) is 27.1 Å². The molecule has 27 heavy (non-hydrogen) atoms. The van der Waals surface area contributed by atoms with E-state index in [0.29, 0.717) is 23.2 Å². The molecule has 1 unspecified atom stereocenters. The van der Waals surface area contributed by atoms with Crippen LogP contribution >= 0.6 is 23.2 Å². The molecule has 0 aliphatic heterocycles. The molecule has 0 bridgehead atoms. The van der Waals surface area contributed by atoms with E-state index in [-0.39, 0.29) is 6.10 Å². The van der Waals surface area contributed by atoms with Crippen molar-refractivity contribution < 1.29 is 4.74 Å². The Morgan fingerprint density at radius 3 is 2.59 bits per heavy atom. The van der Waals surface area contributed by atoms with E-state index in [1.54, 1.807) is 18.6 Å². The van der Waals surface area contributed by atoms with Crippen LogP contribution in [0.4, 0.5) is 0 Å². The molecule has 136 valence electrons. The molecule has 4 rings (SSSR count). The second-order valence-corrected chi connectivity index (χ2v) is 7.25. The van der Waals surface area contributed by atoms with Gasteiger partial charge in [-0.1, -0.05) is 65.7 Å². The predicted molar refractivity (Wildman–Crippen MR) is 110 cm³/mol. The Balaban J connectivity index is 1.57. The highest BCUT2D eigenvalue weighted by Gasteiger charge is 2.17. The largest absolute Gasteiger partial charge is 0.367 e. The lowest BCUT2D eigenvalue weighted by atomic mass is 10.1. The minimum atomic E-state index is -0.213. The van der Waals surface area contributed by atoms with Gasteiger partial charge in [-0.15, -0.1) is 0 Å². The van der Waals surface area contributed by atoms with Crippen LogP contribution in [0.2, 0.25) is 10.0 Å². The lowest BCUT2D eigenvalue weighted by Gasteiger charge is -2.20. The van der Waals surface area contributed by atoms with Crippen LogP contribution in [0.15, 0.2) is 79.4 Å². The fourth-order valence-corrected chi connectivity index (χ4v) is 3.65. The smallest absolute Gasteiger partial charge is 0.102 e. The maximum atomic E-state index is 6.43. The van der Waals surface area contributed by atoms with Gasteiger partial charge in [0.1, 0.15) is 6.10 Å². The molecule has 0 aliphatic carbocycles. The number of hydrogen-bond acceptors (Lipinski definition) is 2. The second-order valence-electron chi connectivity index (χ2n) is 6.41. The molecule has 5 heteroatoms. The van der Waals surface area contributed by atoms with E-state index in [4.69, 9.17) is 27.9 Å². The first-order chi connectivity index (χ1) is 13.2. The monoisotopic (exact) mass is 396 g/mol. The van der Waals surface area contributed by atoms with E-state index >= 15 is 0 Å². The fourth-order valence-electron chi connectivity index (χ4n) is 3.12. The molecule has 1 aromatic heterocycles. The molecule has 4 aromatic rings. The van der Waals surface area contributed by atoms with E-state index in [0.717, 1.165) is 11.1 Å². The molecule has 1 heterocycles. The van der Waals surface area contributed by atoms with E-state index in [2.05, 4.69) is 35.3 Å². The van der Waals surface area contributed by atoms with E-state index in [1.807, 2.05) is 35.0 Å². The van der Waals surface area contributed by atoms with Gasteiger partial charge in [-0.3, -0.25) is 0 Å². The van der Waals surface area contributed by atoms with Crippen LogP contribution in [0, 0.1) is 0 Å². The van der Waals surface area contributed by atoms with Gasteiger partial charge in [-0.25, -0.2) is 4.98 Å². The van der Waals surface area contributed by atoms with Crippen LogP contribution in [0.5, 0.6) is 0 Å². The number of hydrogen-bond donors (Lipinski definition) is 0. The third kappa shape index (κ3) is 4.33. The highest BCUT2D eigenvalue weighted by molar-refractivity contribution is 6.35. The molecule has 0 fully saturated rings. The summed E-state index contributed by atoms with van der Waals surface area (Å²) in [4.78, 5) is 4.11. The minimum Gasteiger partial charge on any atom is -0.367 e. The van der Waals surface area contributed by atoms with Crippen molar-refractivity contribution in [1.82, 2.24) is 9.55 Å². The Hall–Kier alpha value is -2.33. The molecule has 0 saturated heterocycles. The minimum absolute atomic E-state index is 0.213. The fraction of sp³-hybridized carbons (Fsp3) is 0.136. The van der Waals surface area contributed by atoms with Gasteiger partial charge < -0.3 is 9.30 Å². The van der Waals surface area contributed by atoms with Gasteiger partial charge in [-0.2, -0.15) is 0 Å². The second kappa shape index (κ2) is 8.13. The van der Waals surface area contributed by atoms with Gasteiger partial charge in [0.15, 0.2) is 0 Å². The lowest BCUT2D eigenvalue weighted by molar-refractivity contribution is 0.0281. The number of rotatable bonds is 6. The van der Waals surface area contributed by atoms with Crippen LogP contribution < -0.4 is 0 Å². The van der Waals surface area contributed by atoms with Crippen LogP contribution in [0.3, 0.4) is 0 Å². The van der Waals surface area contributed by atoms with Crippen LogP contribution in [-0.4, -0.2) is 9.55 Å². The van der Waals surface area contributed by atoms with Crippen molar-refractivity contribution in [3.05, 3.63) is 101 Å². The Bertz CT molecular complexity index is 1050. The third-order valence-electron chi connectivity index (χ3n) is 4.51. The van der Waals surface area contributed by atoms with Crippen LogP contribution in [0.1, 0.15) is 17.2 Å². The van der Waals surface area contributed by atoms with Crippen LogP contribution in [0.25, 0.3) is 10.8 Å². The van der Waals surface area contributed by atoms with Crippen molar-refractivity contribution in [1.29, 1.82) is 0 Å². The number of benzene rings is 3. The molecular weight excluding hydrogens is 379 g/mol. The molecule has 0 amide bonds. The van der Waals surface area contributed by atoms with Crippen molar-refractivity contribution in [2.24, 2.45) is 0 Å². The van der Waals surface area contributed by atoms with Gasteiger partial charge in [0.25, 0.3) is 0 Å². The van der Waals surface area contributed by atoms with Crippen LogP contribution in [-0.2, 0) is 17.9 Å². The zero-order chi connectivity index (χ0) is 18.6. The number of imidazole rings is 1. The van der Waals surface area contributed by atoms with Gasteiger partial charge in [0, 0.05) is 28.0 Å². The molecule has 0 saturated carbocycles. The third-order valence-corrected chi connectivity index (χ3v) is 5.07. The zero-order valence-electron chi connectivity index (χ0n) is 14.6. The molecular formula is C22H18Cl2N2O. The van der Waals surface area contributed by atoms with E-state index in [1.165, 1.54) is 10.8 Å². The van der Waals surface area contributed by atoms with Gasteiger partial charge in [-0.05, 0) is 34.5 Å². The maximum Gasteiger partial charge on any atom is 0.102 e. The highest BCUT2D eigenvalue weighted by Crippen LogP contribution is 2.30. The summed E-state index contributed by atoms with van der Waals surface area (Å²) in [5, 5.41) is 3.64. The number of aromatic nitrogens is 2. The Labute approximate surface area is 168 Å². The molecule has 3 nitrogen and oxygen atoms in total. The summed E-state index contributed by atoms with van der Waals surface area (Å²) in [7, 11) is 0. The Morgan fingerprint density at radius 2 is 1.81 bits per heavy atom. The Kier molecular flexibility index (Phi) is 5.44. The van der Waals surface area contributed by atoms with E-state index < -0.39 is 0 Å². The van der Waals surface area contributed by atoms with Crippen molar-refractivity contribution in [2.45, 2.75) is 19.3 Å². The molecule has 3 aromatic carbocycles. The summed E-state index contributed by atoms with van der Waals surface area (Å²) in [5.74, 6) is 0. The van der Waals surface area contributed by atoms with Gasteiger partial charge in [0.05, 0.1) is 19.5 Å². The molecule has 0 radical (unpaired) electrons. The first-order valence-corrected chi connectivity index (χ1v) is 9.44. The first-order valence-electron chi connectivity index (χ1n) is 8.69. The molecule has 0 N–H and O–H groups in total. The first kappa shape index (κ1) is 18.1. The van der Waals surface area contributed by atoms with Gasteiger partial charge in [0.2, 0.25) is 0 Å². The number of halogens is 2. The molecule has 0 aliphatic rings. The summed E-state index contributed by atoms with van der Waals surface area (Å²) in [6, 6.07) is 20.2. The SMILES string of the molecule is Clc1ccc(C(Cn2ccnc2)OCc2ccc3ccccc3c2)c(Cl)c1. The van der Waals surface area contributed by atoms with Crippen molar-refractivity contribution in [3.63, 3.8) is 0 Å². The average Bonchev–Trinajstić information content (AvgIpc) is 3.18. The van der Waals surface area contributed by atoms with E-state index in [9.17, 15) is 0 Å². The maximum absolute atomic E-state index is 6.43. The summed E-state index contributed by atoms with van der Waals surface area (Å²) in [5.41, 5.74) is 2.03. The van der Waals surface area contributed by atoms with Crippen molar-refractivity contribution >= 4 is 34.0 Å². The molecule has 1 atom stereocenters. The van der Waals surface area contributed by atoms with Crippen molar-refractivity contribution in [3.8, 4) is 0 Å². The highest BCUT2D eigenvalue weighted by atomic mass is 35.5.